The van der Waals surface area contributed by atoms with Crippen molar-refractivity contribution in [2.24, 2.45) is 0 Å². The summed E-state index contributed by atoms with van der Waals surface area (Å²) in [6.07, 6.45) is 1.84. The largest absolute Gasteiger partial charge is 0.508 e. The minimum Gasteiger partial charge on any atom is -0.508 e. The molecule has 1 unspecified atom stereocenters. The molecule has 1 aliphatic rings. The molecule has 7 nitrogen and oxygen atoms in total. The first-order chi connectivity index (χ1) is 14.8. The molecule has 0 saturated carbocycles. The number of benzene rings is 2. The molecule has 4 N–H and O–H groups in total. The van der Waals surface area contributed by atoms with Gasteiger partial charge in [0, 0.05) is 28.6 Å². The lowest BCUT2D eigenvalue weighted by Crippen LogP contribution is -2.40. The summed E-state index contributed by atoms with van der Waals surface area (Å²) in [5.41, 5.74) is 3.47. The number of rotatable bonds is 2. The highest BCUT2D eigenvalue weighted by Gasteiger charge is 2.25. The zero-order valence-electron chi connectivity index (χ0n) is 16.6. The van der Waals surface area contributed by atoms with E-state index >= 15 is 0 Å². The van der Waals surface area contributed by atoms with E-state index in [0.717, 1.165) is 21.9 Å². The van der Waals surface area contributed by atoms with Gasteiger partial charge in [0.05, 0.1) is 17.1 Å². The van der Waals surface area contributed by atoms with Crippen LogP contribution in [0.5, 0.6) is 11.5 Å². The Kier molecular flexibility index (Phi) is 4.26. The Morgan fingerprint density at radius 2 is 1.87 bits per heavy atom. The molecule has 0 bridgehead atoms. The molecule has 8 heteroatoms. The van der Waals surface area contributed by atoms with Crippen molar-refractivity contribution in [2.45, 2.75) is 19.9 Å². The Morgan fingerprint density at radius 3 is 2.65 bits per heavy atom. The minimum atomic E-state index is -0.436. The molecular weight excluding hydrogens is 416 g/mol. The van der Waals surface area contributed by atoms with Gasteiger partial charge in [-0.3, -0.25) is 0 Å². The van der Waals surface area contributed by atoms with Crippen LogP contribution in [-0.2, 0) is 0 Å². The van der Waals surface area contributed by atoms with Crippen LogP contribution in [0.15, 0.2) is 56.1 Å². The fraction of sp³-hybridized carbons (Fsp3) is 0.130. The molecular formula is C23H18N2O5S. The highest BCUT2D eigenvalue weighted by Crippen LogP contribution is 2.37. The quantitative estimate of drug-likeness (QED) is 0.276. The van der Waals surface area contributed by atoms with E-state index in [1.165, 1.54) is 18.2 Å². The van der Waals surface area contributed by atoms with Gasteiger partial charge in [-0.2, -0.15) is 0 Å². The van der Waals surface area contributed by atoms with E-state index in [4.69, 9.17) is 21.1 Å². The monoisotopic (exact) mass is 434 g/mol. The Balaban J connectivity index is 1.70. The molecule has 0 amide bonds. The maximum absolute atomic E-state index is 12.0. The summed E-state index contributed by atoms with van der Waals surface area (Å²) in [5, 5.41) is 28.0. The molecule has 0 radical (unpaired) electrons. The van der Waals surface area contributed by atoms with Crippen LogP contribution in [0, 0.1) is 13.8 Å². The molecule has 156 valence electrons. The van der Waals surface area contributed by atoms with Crippen molar-refractivity contribution in [1.29, 1.82) is 0 Å². The summed E-state index contributed by atoms with van der Waals surface area (Å²) in [6, 6.07) is 9.15. The number of fused-ring (bicyclic) bond motifs is 3. The molecule has 4 aromatic rings. The van der Waals surface area contributed by atoms with E-state index in [9.17, 15) is 15.0 Å². The smallest absolute Gasteiger partial charge is 0.336 e. The van der Waals surface area contributed by atoms with Gasteiger partial charge in [0.2, 0.25) is 0 Å². The Hall–Kier alpha value is -3.78. The maximum atomic E-state index is 12.0. The van der Waals surface area contributed by atoms with Gasteiger partial charge in [-0.1, -0.05) is 0 Å². The third-order valence-electron chi connectivity index (χ3n) is 5.47. The normalized spacial score (nSPS) is 16.3. The number of furan rings is 1. The van der Waals surface area contributed by atoms with Crippen LogP contribution in [0.1, 0.15) is 28.5 Å². The number of hydrogen-bond donors (Lipinski definition) is 4. The summed E-state index contributed by atoms with van der Waals surface area (Å²) in [5.74, 6) is 0.472. The predicted octanol–water partition coefficient (Wildman–Crippen LogP) is 4.13. The number of phenolic OH excluding ortho intramolecular Hbond substituents is 2. The van der Waals surface area contributed by atoms with Crippen molar-refractivity contribution in [2.75, 3.05) is 0 Å². The topological polar surface area (TPSA) is 108 Å². The van der Waals surface area contributed by atoms with E-state index in [-0.39, 0.29) is 11.5 Å². The Labute approximate surface area is 181 Å². The van der Waals surface area contributed by atoms with Crippen LogP contribution in [0.25, 0.3) is 27.6 Å². The lowest BCUT2D eigenvalue weighted by molar-refractivity contribution is 0.443. The van der Waals surface area contributed by atoms with Gasteiger partial charge in [0.1, 0.15) is 22.7 Å². The van der Waals surface area contributed by atoms with Crippen molar-refractivity contribution in [3.63, 3.8) is 0 Å². The molecule has 31 heavy (non-hydrogen) atoms. The SMILES string of the molecule is Cc1cc(=O)oc2c1ccc1oc(C3=CC(c4ccc(O)cc4O)NC(=S)N3)c(C)c12. The molecule has 5 rings (SSSR count). The summed E-state index contributed by atoms with van der Waals surface area (Å²) in [6.45, 7) is 3.76. The van der Waals surface area contributed by atoms with Crippen LogP contribution in [0.2, 0.25) is 0 Å². The molecule has 0 spiro atoms. The first kappa shape index (κ1) is 19.2. The average Bonchev–Trinajstić information content (AvgIpc) is 3.04. The molecule has 1 aliphatic heterocycles. The molecule has 3 heterocycles. The molecule has 2 aromatic heterocycles. The molecule has 0 saturated heterocycles. The van der Waals surface area contributed by atoms with Crippen LogP contribution >= 0.6 is 12.2 Å². The number of aryl methyl sites for hydroxylation is 2. The third-order valence-corrected chi connectivity index (χ3v) is 5.69. The molecule has 1 atom stereocenters. The number of hydrogen-bond acceptors (Lipinski definition) is 6. The lowest BCUT2D eigenvalue weighted by Gasteiger charge is -2.26. The molecule has 0 fully saturated rings. The zero-order valence-corrected chi connectivity index (χ0v) is 17.5. The van der Waals surface area contributed by atoms with E-state index in [0.29, 0.717) is 33.3 Å². The second kappa shape index (κ2) is 6.88. The molecule has 0 aliphatic carbocycles. The standard InChI is InChI=1S/C23H18N2O5S/c1-10-7-19(28)30-22-13(10)5-6-18-20(22)11(2)21(29-18)16-9-15(24-23(31)25-16)14-4-3-12(26)8-17(14)27/h3-9,15,26-27H,1-2H3,(H2,24,25,31). The first-order valence-electron chi connectivity index (χ1n) is 9.60. The minimum absolute atomic E-state index is 0.0289. The number of aromatic hydroxyl groups is 2. The van der Waals surface area contributed by atoms with Crippen molar-refractivity contribution in [3.8, 4) is 11.5 Å². The lowest BCUT2D eigenvalue weighted by atomic mass is 10.0. The Bertz CT molecular complexity index is 1480. The first-order valence-corrected chi connectivity index (χ1v) is 10.0. The van der Waals surface area contributed by atoms with Crippen LogP contribution in [0.4, 0.5) is 0 Å². The van der Waals surface area contributed by atoms with Gasteiger partial charge >= 0.3 is 5.63 Å². The van der Waals surface area contributed by atoms with Gasteiger partial charge in [0.25, 0.3) is 0 Å². The highest BCUT2D eigenvalue weighted by atomic mass is 32.1. The summed E-state index contributed by atoms with van der Waals surface area (Å²) < 4.78 is 11.7. The van der Waals surface area contributed by atoms with Gasteiger partial charge in [0.15, 0.2) is 10.9 Å². The van der Waals surface area contributed by atoms with E-state index in [1.807, 2.05) is 32.1 Å². The van der Waals surface area contributed by atoms with Gasteiger partial charge in [-0.25, -0.2) is 4.79 Å². The number of phenols is 2. The number of nitrogens with one attached hydrogen (secondary N) is 2. The summed E-state index contributed by atoms with van der Waals surface area (Å²) >= 11 is 5.37. The maximum Gasteiger partial charge on any atom is 0.336 e. The van der Waals surface area contributed by atoms with Crippen molar-refractivity contribution < 1.29 is 19.0 Å². The van der Waals surface area contributed by atoms with Gasteiger partial charge in [-0.15, -0.1) is 0 Å². The van der Waals surface area contributed by atoms with Crippen molar-refractivity contribution in [1.82, 2.24) is 10.6 Å². The van der Waals surface area contributed by atoms with E-state index in [1.54, 1.807) is 6.07 Å². The predicted molar refractivity (Wildman–Crippen MR) is 121 cm³/mol. The fourth-order valence-electron chi connectivity index (χ4n) is 4.01. The Morgan fingerprint density at radius 1 is 1.06 bits per heavy atom. The highest BCUT2D eigenvalue weighted by molar-refractivity contribution is 7.80. The van der Waals surface area contributed by atoms with E-state index < -0.39 is 11.7 Å². The van der Waals surface area contributed by atoms with Gasteiger partial charge < -0.3 is 29.7 Å². The average molecular weight is 434 g/mol. The van der Waals surface area contributed by atoms with Crippen LogP contribution < -0.4 is 16.3 Å². The van der Waals surface area contributed by atoms with Crippen LogP contribution in [-0.4, -0.2) is 15.3 Å². The zero-order chi connectivity index (χ0) is 21.9. The van der Waals surface area contributed by atoms with Crippen molar-refractivity contribution in [3.05, 3.63) is 75.3 Å². The number of thiocarbonyl (C=S) groups is 1. The molecule has 2 aromatic carbocycles. The second-order valence-corrected chi connectivity index (χ2v) is 7.93. The summed E-state index contributed by atoms with van der Waals surface area (Å²) in [7, 11) is 0. The van der Waals surface area contributed by atoms with E-state index in [2.05, 4.69) is 10.6 Å². The second-order valence-electron chi connectivity index (χ2n) is 7.52. The van der Waals surface area contributed by atoms with Crippen molar-refractivity contribution >= 4 is 45.0 Å². The summed E-state index contributed by atoms with van der Waals surface area (Å²) in [4.78, 5) is 12.0. The van der Waals surface area contributed by atoms with Crippen LogP contribution in [0.3, 0.4) is 0 Å². The van der Waals surface area contributed by atoms with Gasteiger partial charge in [-0.05, 0) is 62.0 Å². The third kappa shape index (κ3) is 3.12. The fourth-order valence-corrected chi connectivity index (χ4v) is 4.24.